The Labute approximate surface area is 189 Å². The quantitative estimate of drug-likeness (QED) is 0.498. The van der Waals surface area contributed by atoms with Crippen molar-refractivity contribution in [3.63, 3.8) is 0 Å². The summed E-state index contributed by atoms with van der Waals surface area (Å²) in [6.45, 7) is 9.57. The zero-order chi connectivity index (χ0) is 22.6. The van der Waals surface area contributed by atoms with Crippen LogP contribution in [0.5, 0.6) is 0 Å². The van der Waals surface area contributed by atoms with Crippen LogP contribution < -0.4 is 0 Å². The molecular formula is C27H48O4. The van der Waals surface area contributed by atoms with E-state index in [0.29, 0.717) is 41.4 Å². The van der Waals surface area contributed by atoms with E-state index < -0.39 is 0 Å². The van der Waals surface area contributed by atoms with Crippen molar-refractivity contribution in [1.82, 2.24) is 0 Å². The highest BCUT2D eigenvalue weighted by Gasteiger charge is 2.64. The molecule has 4 aliphatic rings. The lowest BCUT2D eigenvalue weighted by atomic mass is 9.43. The SMILES string of the molecule is C[C@H](CO)CCC[C@@H](C)[C@H]1[C@H](O)C[C@@H]2[C@H]3[C@H](O)C[C@H]4C[C@@H](O)CC[C@]4(C)[C@@H]3CC[C@]12C. The summed E-state index contributed by atoms with van der Waals surface area (Å²) in [5.74, 6) is 2.82. The Morgan fingerprint density at radius 1 is 0.839 bits per heavy atom. The maximum absolute atomic E-state index is 11.4. The van der Waals surface area contributed by atoms with Gasteiger partial charge in [0, 0.05) is 6.61 Å². The molecule has 0 radical (unpaired) electrons. The molecule has 4 saturated carbocycles. The molecule has 12 atom stereocenters. The second kappa shape index (κ2) is 8.89. The molecule has 4 N–H and O–H groups in total. The van der Waals surface area contributed by atoms with Crippen molar-refractivity contribution in [1.29, 1.82) is 0 Å². The maximum Gasteiger partial charge on any atom is 0.0579 e. The van der Waals surface area contributed by atoms with Crippen LogP contribution in [-0.4, -0.2) is 45.3 Å². The lowest BCUT2D eigenvalue weighted by Gasteiger charge is -2.62. The van der Waals surface area contributed by atoms with Crippen molar-refractivity contribution < 1.29 is 20.4 Å². The second-order valence-electron chi connectivity index (χ2n) is 12.8. The van der Waals surface area contributed by atoms with Crippen LogP contribution in [0.15, 0.2) is 0 Å². The van der Waals surface area contributed by atoms with E-state index in [4.69, 9.17) is 0 Å². The molecule has 0 amide bonds. The van der Waals surface area contributed by atoms with Gasteiger partial charge in [-0.3, -0.25) is 0 Å². The molecule has 0 unspecified atom stereocenters. The first-order chi connectivity index (χ1) is 14.6. The van der Waals surface area contributed by atoms with Crippen LogP contribution >= 0.6 is 0 Å². The average molecular weight is 437 g/mol. The molecule has 4 aliphatic carbocycles. The molecule has 0 aromatic carbocycles. The Morgan fingerprint density at radius 3 is 2.26 bits per heavy atom. The van der Waals surface area contributed by atoms with Crippen molar-refractivity contribution >= 4 is 0 Å². The lowest BCUT2D eigenvalue weighted by molar-refractivity contribution is -0.174. The minimum Gasteiger partial charge on any atom is -0.396 e. The zero-order valence-corrected chi connectivity index (χ0v) is 20.3. The fourth-order valence-electron chi connectivity index (χ4n) is 9.34. The molecule has 0 spiro atoms. The van der Waals surface area contributed by atoms with E-state index in [-0.39, 0.29) is 35.7 Å². The van der Waals surface area contributed by atoms with E-state index in [9.17, 15) is 20.4 Å². The molecule has 0 aromatic rings. The fourth-order valence-corrected chi connectivity index (χ4v) is 9.34. The van der Waals surface area contributed by atoms with Gasteiger partial charge in [-0.05, 0) is 104 Å². The predicted molar refractivity (Wildman–Crippen MR) is 123 cm³/mol. The van der Waals surface area contributed by atoms with Crippen molar-refractivity contribution in [2.24, 2.45) is 52.3 Å². The van der Waals surface area contributed by atoms with Gasteiger partial charge in [-0.2, -0.15) is 0 Å². The monoisotopic (exact) mass is 436 g/mol. The molecule has 180 valence electrons. The molecule has 4 nitrogen and oxygen atoms in total. The first-order valence-corrected chi connectivity index (χ1v) is 13.3. The van der Waals surface area contributed by atoms with Gasteiger partial charge in [0.25, 0.3) is 0 Å². The first kappa shape index (κ1) is 24.0. The van der Waals surface area contributed by atoms with Gasteiger partial charge >= 0.3 is 0 Å². The van der Waals surface area contributed by atoms with E-state index in [1.165, 1.54) is 0 Å². The van der Waals surface area contributed by atoms with Gasteiger partial charge in [-0.25, -0.2) is 0 Å². The second-order valence-corrected chi connectivity index (χ2v) is 12.8. The summed E-state index contributed by atoms with van der Waals surface area (Å²) >= 11 is 0. The van der Waals surface area contributed by atoms with Gasteiger partial charge in [0.05, 0.1) is 18.3 Å². The average Bonchev–Trinajstić information content (AvgIpc) is 2.99. The maximum atomic E-state index is 11.4. The highest BCUT2D eigenvalue weighted by Crippen LogP contribution is 2.68. The standard InChI is InChI=1S/C27H48O4/c1-16(15-28)6-5-7-17(2)25-23(31)14-21-24-20(9-11-27(21,25)4)26(3)10-8-19(29)12-18(26)13-22(24)30/h16-25,28-31H,5-15H2,1-4H3/t16-,17+,18+,19-,20+,21+,22+,23+,24-,25-,26-,27-/m0/s1. The summed E-state index contributed by atoms with van der Waals surface area (Å²) < 4.78 is 0. The van der Waals surface area contributed by atoms with Crippen LogP contribution in [0.25, 0.3) is 0 Å². The highest BCUT2D eigenvalue weighted by atomic mass is 16.3. The Balaban J connectivity index is 1.52. The molecule has 4 heteroatoms. The Kier molecular flexibility index (Phi) is 6.88. The van der Waals surface area contributed by atoms with Gasteiger partial charge in [-0.15, -0.1) is 0 Å². The Morgan fingerprint density at radius 2 is 1.55 bits per heavy atom. The van der Waals surface area contributed by atoms with E-state index >= 15 is 0 Å². The molecule has 4 rings (SSSR count). The van der Waals surface area contributed by atoms with Gasteiger partial charge in [0.15, 0.2) is 0 Å². The summed E-state index contributed by atoms with van der Waals surface area (Å²) in [5, 5.41) is 42.2. The summed E-state index contributed by atoms with van der Waals surface area (Å²) in [5.41, 5.74) is 0.348. The lowest BCUT2D eigenvalue weighted by Crippen LogP contribution is -2.58. The summed E-state index contributed by atoms with van der Waals surface area (Å²) in [6, 6.07) is 0. The smallest absolute Gasteiger partial charge is 0.0579 e. The summed E-state index contributed by atoms with van der Waals surface area (Å²) in [7, 11) is 0. The van der Waals surface area contributed by atoms with E-state index in [1.54, 1.807) is 0 Å². The molecule has 0 heterocycles. The Hall–Kier alpha value is -0.160. The summed E-state index contributed by atoms with van der Waals surface area (Å²) in [4.78, 5) is 0. The number of fused-ring (bicyclic) bond motifs is 5. The van der Waals surface area contributed by atoms with E-state index in [2.05, 4.69) is 27.7 Å². The molecule has 0 aromatic heterocycles. The van der Waals surface area contributed by atoms with Gasteiger partial charge < -0.3 is 20.4 Å². The molecule has 0 saturated heterocycles. The third-order valence-electron chi connectivity index (χ3n) is 11.0. The van der Waals surface area contributed by atoms with Crippen molar-refractivity contribution in [3.8, 4) is 0 Å². The van der Waals surface area contributed by atoms with Crippen LogP contribution in [0.1, 0.15) is 91.9 Å². The van der Waals surface area contributed by atoms with Gasteiger partial charge in [0.1, 0.15) is 0 Å². The number of hydrogen-bond acceptors (Lipinski definition) is 4. The third-order valence-corrected chi connectivity index (χ3v) is 11.0. The van der Waals surface area contributed by atoms with E-state index in [0.717, 1.165) is 64.2 Å². The molecule has 0 aliphatic heterocycles. The largest absolute Gasteiger partial charge is 0.396 e. The van der Waals surface area contributed by atoms with Gasteiger partial charge in [-0.1, -0.05) is 40.5 Å². The minimum absolute atomic E-state index is 0.112. The Bertz CT molecular complexity index is 624. The number of hydrogen-bond donors (Lipinski definition) is 4. The number of aliphatic hydroxyl groups excluding tert-OH is 4. The molecule has 4 fully saturated rings. The molecular weight excluding hydrogens is 388 g/mol. The van der Waals surface area contributed by atoms with Crippen molar-refractivity contribution in [2.75, 3.05) is 6.61 Å². The fraction of sp³-hybridized carbons (Fsp3) is 1.00. The van der Waals surface area contributed by atoms with Gasteiger partial charge in [0.2, 0.25) is 0 Å². The third kappa shape index (κ3) is 4.02. The van der Waals surface area contributed by atoms with E-state index in [1.807, 2.05) is 0 Å². The first-order valence-electron chi connectivity index (χ1n) is 13.3. The van der Waals surface area contributed by atoms with Crippen LogP contribution in [0.4, 0.5) is 0 Å². The minimum atomic E-state index is -0.287. The molecule has 31 heavy (non-hydrogen) atoms. The van der Waals surface area contributed by atoms with Crippen LogP contribution in [0.2, 0.25) is 0 Å². The number of rotatable bonds is 6. The van der Waals surface area contributed by atoms with Crippen LogP contribution in [0.3, 0.4) is 0 Å². The number of aliphatic hydroxyl groups is 4. The molecule has 0 bridgehead atoms. The van der Waals surface area contributed by atoms with Crippen molar-refractivity contribution in [2.45, 2.75) is 110 Å². The topological polar surface area (TPSA) is 80.9 Å². The van der Waals surface area contributed by atoms with Crippen LogP contribution in [0, 0.1) is 52.3 Å². The van der Waals surface area contributed by atoms with Crippen LogP contribution in [-0.2, 0) is 0 Å². The predicted octanol–water partition coefficient (Wildman–Crippen LogP) is 4.38. The zero-order valence-electron chi connectivity index (χ0n) is 20.3. The normalized spacial score (nSPS) is 51.5. The highest BCUT2D eigenvalue weighted by molar-refractivity contribution is 5.13. The van der Waals surface area contributed by atoms with Crippen molar-refractivity contribution in [3.05, 3.63) is 0 Å². The summed E-state index contributed by atoms with van der Waals surface area (Å²) in [6.07, 6.45) is 9.39.